The minimum atomic E-state index is -0.937. The molecular weight excluding hydrogens is 396 g/mol. The summed E-state index contributed by atoms with van der Waals surface area (Å²) in [4.78, 5) is 52.8. The minimum Gasteiger partial charge on any atom is -0.374 e. The standard InChI is InChI=1S/C20H24N4O4.ClH/c1-23(11-12-7-9-21-10-8-12)14-4-2-3-13-17(14)20(28)24(19(13)27)15-5-6-16(25)22-18(15)26;/h2-4,12,15,21H,5-11H2,1H3,(H,22,25,26);1H. The molecule has 1 atom stereocenters. The molecule has 156 valence electrons. The van der Waals surface area contributed by atoms with Gasteiger partial charge in [-0.15, -0.1) is 12.4 Å². The van der Waals surface area contributed by atoms with Crippen LogP contribution in [0.2, 0.25) is 0 Å². The van der Waals surface area contributed by atoms with Crippen LogP contribution in [0, 0.1) is 5.92 Å². The molecule has 1 aromatic rings. The van der Waals surface area contributed by atoms with E-state index in [0.717, 1.165) is 37.4 Å². The van der Waals surface area contributed by atoms with Crippen LogP contribution in [0.5, 0.6) is 0 Å². The molecule has 0 spiro atoms. The largest absolute Gasteiger partial charge is 0.374 e. The third kappa shape index (κ3) is 3.86. The number of carbonyl (C=O) groups excluding carboxylic acids is 4. The van der Waals surface area contributed by atoms with E-state index in [0.29, 0.717) is 22.7 Å². The third-order valence-electron chi connectivity index (χ3n) is 5.85. The van der Waals surface area contributed by atoms with Crippen LogP contribution in [0.1, 0.15) is 46.4 Å². The number of halogens is 1. The van der Waals surface area contributed by atoms with Crippen LogP contribution >= 0.6 is 12.4 Å². The Labute approximate surface area is 175 Å². The van der Waals surface area contributed by atoms with E-state index in [1.165, 1.54) is 0 Å². The SMILES string of the molecule is CN(CC1CCNCC1)c1cccc2c1C(=O)N(C1CCC(=O)NC1=O)C2=O.Cl. The van der Waals surface area contributed by atoms with Crippen molar-refractivity contribution in [2.24, 2.45) is 5.92 Å². The number of fused-ring (bicyclic) bond motifs is 1. The van der Waals surface area contributed by atoms with E-state index in [2.05, 4.69) is 10.6 Å². The predicted molar refractivity (Wildman–Crippen MR) is 109 cm³/mol. The molecule has 4 amide bonds. The Morgan fingerprint density at radius 3 is 2.48 bits per heavy atom. The van der Waals surface area contributed by atoms with Crippen LogP contribution < -0.4 is 15.5 Å². The number of carbonyl (C=O) groups is 4. The third-order valence-corrected chi connectivity index (χ3v) is 5.85. The van der Waals surface area contributed by atoms with Crippen LogP contribution in [0.4, 0.5) is 5.69 Å². The number of piperidine rings is 2. The van der Waals surface area contributed by atoms with Gasteiger partial charge in [0.15, 0.2) is 0 Å². The first-order valence-electron chi connectivity index (χ1n) is 9.74. The second-order valence-corrected chi connectivity index (χ2v) is 7.72. The summed E-state index contributed by atoms with van der Waals surface area (Å²) < 4.78 is 0. The van der Waals surface area contributed by atoms with Crippen molar-refractivity contribution in [1.82, 2.24) is 15.5 Å². The number of hydrogen-bond acceptors (Lipinski definition) is 6. The monoisotopic (exact) mass is 420 g/mol. The van der Waals surface area contributed by atoms with Crippen molar-refractivity contribution >= 4 is 41.7 Å². The molecule has 2 N–H and O–H groups in total. The zero-order chi connectivity index (χ0) is 19.8. The molecule has 0 radical (unpaired) electrons. The Hall–Kier alpha value is -2.45. The lowest BCUT2D eigenvalue weighted by Gasteiger charge is -2.30. The van der Waals surface area contributed by atoms with Crippen molar-refractivity contribution in [3.63, 3.8) is 0 Å². The molecule has 2 saturated heterocycles. The summed E-state index contributed by atoms with van der Waals surface area (Å²) in [5.41, 5.74) is 1.39. The van der Waals surface area contributed by atoms with Crippen LogP contribution in [-0.4, -0.2) is 61.3 Å². The zero-order valence-electron chi connectivity index (χ0n) is 16.3. The van der Waals surface area contributed by atoms with Gasteiger partial charge >= 0.3 is 0 Å². The highest BCUT2D eigenvalue weighted by atomic mass is 35.5. The van der Waals surface area contributed by atoms with Crippen molar-refractivity contribution < 1.29 is 19.2 Å². The van der Waals surface area contributed by atoms with Crippen molar-refractivity contribution in [1.29, 1.82) is 0 Å². The van der Waals surface area contributed by atoms with Gasteiger partial charge in [0, 0.05) is 20.0 Å². The number of rotatable bonds is 4. The second kappa shape index (κ2) is 8.51. The lowest BCUT2D eigenvalue weighted by Crippen LogP contribution is -2.54. The number of nitrogens with zero attached hydrogens (tertiary/aromatic N) is 2. The van der Waals surface area contributed by atoms with Gasteiger partial charge in [0.05, 0.1) is 16.8 Å². The minimum absolute atomic E-state index is 0. The number of imide groups is 2. The van der Waals surface area contributed by atoms with Gasteiger partial charge < -0.3 is 10.2 Å². The van der Waals surface area contributed by atoms with Gasteiger partial charge in [-0.05, 0) is 50.4 Å². The molecule has 1 aromatic carbocycles. The average Bonchev–Trinajstić information content (AvgIpc) is 2.94. The molecule has 9 heteroatoms. The quantitative estimate of drug-likeness (QED) is 0.703. The summed E-state index contributed by atoms with van der Waals surface area (Å²) in [5, 5.41) is 5.57. The highest BCUT2D eigenvalue weighted by Crippen LogP contribution is 2.34. The van der Waals surface area contributed by atoms with Gasteiger partial charge in [-0.2, -0.15) is 0 Å². The van der Waals surface area contributed by atoms with E-state index in [9.17, 15) is 19.2 Å². The number of anilines is 1. The molecule has 1 unspecified atom stereocenters. The summed E-state index contributed by atoms with van der Waals surface area (Å²) >= 11 is 0. The van der Waals surface area contributed by atoms with Crippen LogP contribution in [0.15, 0.2) is 18.2 Å². The Kier molecular flexibility index (Phi) is 6.24. The van der Waals surface area contributed by atoms with Crippen LogP contribution in [-0.2, 0) is 9.59 Å². The molecular formula is C20H25ClN4O4. The summed E-state index contributed by atoms with van der Waals surface area (Å²) in [6.45, 7) is 2.79. The second-order valence-electron chi connectivity index (χ2n) is 7.72. The van der Waals surface area contributed by atoms with Crippen molar-refractivity contribution in [2.45, 2.75) is 31.7 Å². The lowest BCUT2D eigenvalue weighted by atomic mass is 9.97. The smallest absolute Gasteiger partial charge is 0.264 e. The molecule has 0 saturated carbocycles. The van der Waals surface area contributed by atoms with Gasteiger partial charge in [0.1, 0.15) is 6.04 Å². The first-order chi connectivity index (χ1) is 13.5. The number of nitrogens with one attached hydrogen (secondary N) is 2. The first kappa shape index (κ1) is 21.3. The van der Waals surface area contributed by atoms with Crippen LogP contribution in [0.3, 0.4) is 0 Å². The van der Waals surface area contributed by atoms with Crippen molar-refractivity contribution in [3.8, 4) is 0 Å². The van der Waals surface area contributed by atoms with Crippen LogP contribution in [0.25, 0.3) is 0 Å². The Morgan fingerprint density at radius 2 is 1.79 bits per heavy atom. The number of hydrogen-bond donors (Lipinski definition) is 2. The first-order valence-corrected chi connectivity index (χ1v) is 9.74. The lowest BCUT2D eigenvalue weighted by molar-refractivity contribution is -0.136. The fourth-order valence-electron chi connectivity index (χ4n) is 4.37. The van der Waals surface area contributed by atoms with E-state index in [1.807, 2.05) is 18.0 Å². The summed E-state index contributed by atoms with van der Waals surface area (Å²) in [5.74, 6) is -1.36. The van der Waals surface area contributed by atoms with E-state index in [4.69, 9.17) is 0 Å². The highest BCUT2D eigenvalue weighted by Gasteiger charge is 2.45. The Bertz CT molecular complexity index is 853. The highest BCUT2D eigenvalue weighted by molar-refractivity contribution is 6.25. The molecule has 29 heavy (non-hydrogen) atoms. The molecule has 3 heterocycles. The fourth-order valence-corrected chi connectivity index (χ4v) is 4.37. The molecule has 3 aliphatic heterocycles. The molecule has 4 rings (SSSR count). The summed E-state index contributed by atoms with van der Waals surface area (Å²) in [7, 11) is 1.93. The molecule has 2 fully saturated rings. The Balaban J connectivity index is 0.00000240. The number of benzene rings is 1. The molecule has 0 bridgehead atoms. The van der Waals surface area contributed by atoms with E-state index in [-0.39, 0.29) is 31.2 Å². The van der Waals surface area contributed by atoms with Gasteiger partial charge in [0.25, 0.3) is 11.8 Å². The maximum Gasteiger partial charge on any atom is 0.264 e. The Morgan fingerprint density at radius 1 is 1.07 bits per heavy atom. The van der Waals surface area contributed by atoms with Gasteiger partial charge in [-0.3, -0.25) is 29.4 Å². The molecule has 0 aliphatic carbocycles. The molecule has 0 aromatic heterocycles. The normalized spacial score (nSPS) is 22.2. The molecule has 8 nitrogen and oxygen atoms in total. The molecule has 3 aliphatic rings. The van der Waals surface area contributed by atoms with Gasteiger partial charge in [-0.25, -0.2) is 0 Å². The average molecular weight is 421 g/mol. The van der Waals surface area contributed by atoms with E-state index in [1.54, 1.807) is 12.1 Å². The van der Waals surface area contributed by atoms with Gasteiger partial charge in [0.2, 0.25) is 11.8 Å². The zero-order valence-corrected chi connectivity index (χ0v) is 17.1. The van der Waals surface area contributed by atoms with Crippen molar-refractivity contribution in [2.75, 3.05) is 31.6 Å². The van der Waals surface area contributed by atoms with E-state index < -0.39 is 23.8 Å². The van der Waals surface area contributed by atoms with Crippen molar-refractivity contribution in [3.05, 3.63) is 29.3 Å². The maximum atomic E-state index is 13.2. The van der Waals surface area contributed by atoms with Gasteiger partial charge in [-0.1, -0.05) is 6.07 Å². The van der Waals surface area contributed by atoms with E-state index >= 15 is 0 Å². The maximum absolute atomic E-state index is 13.2. The fraction of sp³-hybridized carbons (Fsp3) is 0.500. The number of amides is 4. The summed E-state index contributed by atoms with van der Waals surface area (Å²) in [6.07, 6.45) is 2.44. The predicted octanol–water partition coefficient (Wildman–Crippen LogP) is 0.945. The summed E-state index contributed by atoms with van der Waals surface area (Å²) in [6, 6.07) is 4.31. The topological polar surface area (TPSA) is 98.8 Å².